The molecule has 0 bridgehead atoms. The van der Waals surface area contributed by atoms with Crippen molar-refractivity contribution in [3.63, 3.8) is 0 Å². The van der Waals surface area contributed by atoms with Gasteiger partial charge in [-0.05, 0) is 19.1 Å². The molecule has 124 valence electrons. The number of aromatic nitrogens is 2. The van der Waals surface area contributed by atoms with Crippen LogP contribution >= 0.6 is 0 Å². The predicted octanol–water partition coefficient (Wildman–Crippen LogP) is 0.618. The lowest BCUT2D eigenvalue weighted by atomic mass is 10.2. The van der Waals surface area contributed by atoms with Crippen molar-refractivity contribution in [2.45, 2.75) is 6.92 Å². The zero-order valence-corrected chi connectivity index (χ0v) is 12.7. The first-order chi connectivity index (χ1) is 11.1. The molecule has 0 aliphatic rings. The molecule has 0 aliphatic carbocycles. The van der Waals surface area contributed by atoms with Crippen LogP contribution in [0.1, 0.15) is 5.56 Å². The van der Waals surface area contributed by atoms with E-state index in [0.717, 1.165) is 0 Å². The number of primary amides is 1. The highest BCUT2D eigenvalue weighted by molar-refractivity contribution is 5.68. The van der Waals surface area contributed by atoms with Gasteiger partial charge in [-0.1, -0.05) is 18.2 Å². The number of carbonyl (C=O) groups is 1. The second-order valence-corrected chi connectivity index (χ2v) is 4.95. The van der Waals surface area contributed by atoms with E-state index in [9.17, 15) is 4.79 Å². The summed E-state index contributed by atoms with van der Waals surface area (Å²) in [6.45, 7) is 1.34. The van der Waals surface area contributed by atoms with Gasteiger partial charge in [0.15, 0.2) is 0 Å². The summed E-state index contributed by atoms with van der Waals surface area (Å²) < 4.78 is 12.0. The van der Waals surface area contributed by atoms with Crippen molar-refractivity contribution in [1.29, 1.82) is 0 Å². The molecule has 1 heterocycles. The number of nitrogens with zero attached hydrogens (tertiary/aromatic N) is 2. The van der Waals surface area contributed by atoms with Gasteiger partial charge in [-0.15, -0.1) is 5.10 Å². The molecule has 0 aliphatic heterocycles. The Kier molecular flexibility index (Phi) is 5.56. The van der Waals surface area contributed by atoms with Gasteiger partial charge in [-0.25, -0.2) is 4.79 Å². The minimum atomic E-state index is -0.958. The Morgan fingerprint density at radius 1 is 1.30 bits per heavy atom. The van der Waals surface area contributed by atoms with Crippen molar-refractivity contribution < 1.29 is 24.5 Å². The van der Waals surface area contributed by atoms with E-state index in [4.69, 9.17) is 25.4 Å². The molecule has 4 N–H and O–H groups in total. The lowest BCUT2D eigenvalue weighted by Crippen LogP contribution is -2.20. The average molecular weight is 321 g/mol. The second-order valence-electron chi connectivity index (χ2n) is 4.95. The number of amides is 1. The number of hydrogen-bond donors (Lipinski definition) is 3. The summed E-state index contributed by atoms with van der Waals surface area (Å²) in [6, 6.07) is 9.05. The van der Waals surface area contributed by atoms with Crippen molar-refractivity contribution in [2.75, 3.05) is 19.8 Å². The molecule has 2 rings (SSSR count). The van der Waals surface area contributed by atoms with Crippen LogP contribution in [0.25, 0.3) is 5.69 Å². The molecule has 2 aromatic rings. The van der Waals surface area contributed by atoms with Gasteiger partial charge in [0.1, 0.15) is 0 Å². The Bertz CT molecular complexity index is 653. The first-order valence-electron chi connectivity index (χ1n) is 7.03. The first-order valence-corrected chi connectivity index (χ1v) is 7.03. The van der Waals surface area contributed by atoms with Crippen LogP contribution in [0, 0.1) is 12.8 Å². The molecule has 0 atom stereocenters. The molecule has 0 unspecified atom stereocenters. The quantitative estimate of drug-likeness (QED) is 0.687. The van der Waals surface area contributed by atoms with Crippen molar-refractivity contribution >= 4 is 6.09 Å². The topological polar surface area (TPSA) is 120 Å². The maximum absolute atomic E-state index is 11.1. The highest BCUT2D eigenvalue weighted by Crippen LogP contribution is 2.30. The average Bonchev–Trinajstić information content (AvgIpc) is 2.85. The molecule has 1 aromatic carbocycles. The van der Waals surface area contributed by atoms with E-state index in [-0.39, 0.29) is 31.6 Å². The largest absolute Gasteiger partial charge is 0.476 e. The van der Waals surface area contributed by atoms with Crippen LogP contribution in [-0.4, -0.2) is 45.9 Å². The zero-order valence-electron chi connectivity index (χ0n) is 12.7. The Morgan fingerprint density at radius 3 is 2.52 bits per heavy atom. The third-order valence-electron chi connectivity index (χ3n) is 3.19. The lowest BCUT2D eigenvalue weighted by molar-refractivity contribution is 0.104. The summed E-state index contributed by atoms with van der Waals surface area (Å²) in [4.78, 5) is 11.1. The molecule has 1 aromatic heterocycles. The second kappa shape index (κ2) is 7.61. The fourth-order valence-electron chi connectivity index (χ4n) is 1.92. The van der Waals surface area contributed by atoms with Crippen molar-refractivity contribution in [3.05, 3.63) is 35.9 Å². The molecule has 0 saturated heterocycles. The van der Waals surface area contributed by atoms with Gasteiger partial charge in [0, 0.05) is 5.92 Å². The van der Waals surface area contributed by atoms with Crippen LogP contribution in [0.5, 0.6) is 11.8 Å². The van der Waals surface area contributed by atoms with E-state index in [1.165, 1.54) is 4.68 Å². The highest BCUT2D eigenvalue weighted by atomic mass is 16.6. The SMILES string of the molecule is Cc1c(OCC(CO)CO)nn(-c2ccccc2)c1OC(N)=O. The Hall–Kier alpha value is -2.58. The number of carbonyl (C=O) groups excluding carboxylic acids is 1. The fraction of sp³-hybridized carbons (Fsp3) is 0.333. The molecule has 0 radical (unpaired) electrons. The number of rotatable bonds is 7. The number of aliphatic hydroxyl groups excluding tert-OH is 2. The molecule has 8 heteroatoms. The summed E-state index contributed by atoms with van der Waals surface area (Å²) in [5.41, 5.74) is 6.26. The summed E-state index contributed by atoms with van der Waals surface area (Å²) in [6.07, 6.45) is -0.958. The Labute approximate surface area is 133 Å². The number of hydrogen-bond acceptors (Lipinski definition) is 6. The standard InChI is InChI=1S/C15H19N3O5/c1-10-13(22-9-11(7-19)8-20)17-18(14(10)23-15(16)21)12-5-3-2-4-6-12/h2-6,11,19-20H,7-9H2,1H3,(H2,16,21). The van der Waals surface area contributed by atoms with Gasteiger partial charge >= 0.3 is 6.09 Å². The third kappa shape index (κ3) is 3.99. The molecule has 23 heavy (non-hydrogen) atoms. The van der Waals surface area contributed by atoms with E-state index in [2.05, 4.69) is 5.10 Å². The minimum absolute atomic E-state index is 0.0790. The van der Waals surface area contributed by atoms with Gasteiger partial charge in [-0.2, -0.15) is 4.68 Å². The van der Waals surface area contributed by atoms with Crippen LogP contribution in [-0.2, 0) is 0 Å². The van der Waals surface area contributed by atoms with Gasteiger partial charge in [0.2, 0.25) is 11.8 Å². The van der Waals surface area contributed by atoms with E-state index in [1.807, 2.05) is 18.2 Å². The number of aliphatic hydroxyl groups is 2. The van der Waals surface area contributed by atoms with Gasteiger partial charge in [0.25, 0.3) is 0 Å². The van der Waals surface area contributed by atoms with Crippen LogP contribution < -0.4 is 15.2 Å². The zero-order chi connectivity index (χ0) is 16.8. The molecule has 0 spiro atoms. The molecule has 0 saturated carbocycles. The van der Waals surface area contributed by atoms with Gasteiger partial charge in [0.05, 0.1) is 31.1 Å². The molecular formula is C15H19N3O5. The minimum Gasteiger partial charge on any atom is -0.476 e. The summed E-state index contributed by atoms with van der Waals surface area (Å²) in [5, 5.41) is 22.4. The number of nitrogens with two attached hydrogens (primary N) is 1. The van der Waals surface area contributed by atoms with Crippen LogP contribution in [0.2, 0.25) is 0 Å². The smallest absolute Gasteiger partial charge is 0.411 e. The number of para-hydroxylation sites is 1. The number of ether oxygens (including phenoxy) is 2. The summed E-state index contributed by atoms with van der Waals surface area (Å²) in [5.74, 6) is -0.0305. The maximum Gasteiger partial charge on any atom is 0.411 e. The number of benzene rings is 1. The van der Waals surface area contributed by atoms with Crippen LogP contribution in [0.3, 0.4) is 0 Å². The molecule has 1 amide bonds. The van der Waals surface area contributed by atoms with Crippen molar-refractivity contribution in [3.8, 4) is 17.4 Å². The van der Waals surface area contributed by atoms with E-state index in [0.29, 0.717) is 11.3 Å². The van der Waals surface area contributed by atoms with E-state index >= 15 is 0 Å². The van der Waals surface area contributed by atoms with E-state index in [1.54, 1.807) is 19.1 Å². The van der Waals surface area contributed by atoms with Gasteiger partial charge in [-0.3, -0.25) is 0 Å². The monoisotopic (exact) mass is 321 g/mol. The highest BCUT2D eigenvalue weighted by Gasteiger charge is 2.21. The predicted molar refractivity (Wildman–Crippen MR) is 81.7 cm³/mol. The van der Waals surface area contributed by atoms with Crippen molar-refractivity contribution in [1.82, 2.24) is 9.78 Å². The van der Waals surface area contributed by atoms with Gasteiger partial charge < -0.3 is 25.4 Å². The normalized spacial score (nSPS) is 10.8. The molecule has 8 nitrogen and oxygen atoms in total. The van der Waals surface area contributed by atoms with E-state index < -0.39 is 12.0 Å². The van der Waals surface area contributed by atoms with Crippen molar-refractivity contribution in [2.24, 2.45) is 11.7 Å². The maximum atomic E-state index is 11.1. The molecular weight excluding hydrogens is 302 g/mol. The Balaban J connectivity index is 2.34. The van der Waals surface area contributed by atoms with Crippen LogP contribution in [0.15, 0.2) is 30.3 Å². The lowest BCUT2D eigenvalue weighted by Gasteiger charge is -2.10. The Morgan fingerprint density at radius 2 is 1.96 bits per heavy atom. The summed E-state index contributed by atoms with van der Waals surface area (Å²) in [7, 11) is 0. The summed E-state index contributed by atoms with van der Waals surface area (Å²) >= 11 is 0. The molecule has 0 fully saturated rings. The fourth-order valence-corrected chi connectivity index (χ4v) is 1.92. The first kappa shape index (κ1) is 16.8. The third-order valence-corrected chi connectivity index (χ3v) is 3.19. The van der Waals surface area contributed by atoms with Crippen LogP contribution in [0.4, 0.5) is 4.79 Å².